The van der Waals surface area contributed by atoms with E-state index in [2.05, 4.69) is 50.3 Å². The molecule has 0 fully saturated rings. The van der Waals surface area contributed by atoms with Gasteiger partial charge in [0, 0.05) is 44.9 Å². The highest BCUT2D eigenvalue weighted by molar-refractivity contribution is 7.15. The Labute approximate surface area is 181 Å². The Kier molecular flexibility index (Phi) is 3.87. The largest absolute Gasteiger partial charge is 0.397 e. The Morgan fingerprint density at radius 3 is 2.68 bits per heavy atom. The second-order valence-corrected chi connectivity index (χ2v) is 8.70. The third-order valence-electron chi connectivity index (χ3n) is 5.27. The predicted molar refractivity (Wildman–Crippen MR) is 125 cm³/mol. The minimum atomic E-state index is 0.603. The van der Waals surface area contributed by atoms with Gasteiger partial charge in [-0.3, -0.25) is 15.1 Å². The minimum Gasteiger partial charge on any atom is -0.397 e. The van der Waals surface area contributed by atoms with E-state index in [0.29, 0.717) is 5.69 Å². The lowest BCUT2D eigenvalue weighted by Gasteiger charge is -2.02. The van der Waals surface area contributed by atoms with Gasteiger partial charge in [-0.25, -0.2) is 4.98 Å². The van der Waals surface area contributed by atoms with Gasteiger partial charge in [0.05, 0.1) is 34.3 Å². The van der Waals surface area contributed by atoms with Crippen molar-refractivity contribution in [3.8, 4) is 33.1 Å². The van der Waals surface area contributed by atoms with Crippen molar-refractivity contribution in [3.05, 3.63) is 66.1 Å². The fourth-order valence-corrected chi connectivity index (χ4v) is 4.69. The van der Waals surface area contributed by atoms with Crippen LogP contribution in [0.25, 0.3) is 55.0 Å². The number of aromatic nitrogens is 6. The minimum absolute atomic E-state index is 0.603. The summed E-state index contributed by atoms with van der Waals surface area (Å²) in [6, 6.07) is 12.2. The number of pyridine rings is 3. The van der Waals surface area contributed by atoms with Gasteiger partial charge in [0.25, 0.3) is 0 Å². The van der Waals surface area contributed by atoms with Crippen molar-refractivity contribution < 1.29 is 0 Å². The van der Waals surface area contributed by atoms with Crippen molar-refractivity contribution in [1.29, 1.82) is 0 Å². The monoisotopic (exact) mass is 423 g/mol. The van der Waals surface area contributed by atoms with E-state index in [9.17, 15) is 0 Å². The zero-order valence-corrected chi connectivity index (χ0v) is 17.4. The van der Waals surface area contributed by atoms with Crippen LogP contribution in [-0.2, 0) is 0 Å². The molecule has 0 aliphatic rings. The molecule has 0 aliphatic carbocycles. The van der Waals surface area contributed by atoms with E-state index in [0.717, 1.165) is 50.1 Å². The molecule has 0 aliphatic heterocycles. The van der Waals surface area contributed by atoms with Crippen LogP contribution in [0.4, 0.5) is 5.69 Å². The van der Waals surface area contributed by atoms with E-state index in [1.807, 2.05) is 30.6 Å². The van der Waals surface area contributed by atoms with Gasteiger partial charge >= 0.3 is 0 Å². The highest BCUT2D eigenvalue weighted by atomic mass is 32.1. The summed E-state index contributed by atoms with van der Waals surface area (Å²) in [5, 5.41) is 8.74. The Hall–Kier alpha value is -4.04. The first-order valence-corrected chi connectivity index (χ1v) is 10.6. The zero-order valence-electron chi connectivity index (χ0n) is 16.5. The molecule has 7 nitrogen and oxygen atoms in total. The molecule has 4 N–H and O–H groups in total. The number of hydrogen-bond donors (Lipinski definition) is 3. The average molecular weight is 424 g/mol. The summed E-state index contributed by atoms with van der Waals surface area (Å²) in [7, 11) is 0. The number of H-pyrrole nitrogens is 2. The van der Waals surface area contributed by atoms with Crippen LogP contribution >= 0.6 is 11.3 Å². The van der Waals surface area contributed by atoms with Crippen molar-refractivity contribution in [2.75, 3.05) is 5.73 Å². The molecular weight excluding hydrogens is 406 g/mol. The number of anilines is 1. The quantitative estimate of drug-likeness (QED) is 0.363. The van der Waals surface area contributed by atoms with Gasteiger partial charge in [0.15, 0.2) is 0 Å². The number of aromatic amines is 2. The van der Waals surface area contributed by atoms with E-state index in [1.165, 1.54) is 9.75 Å². The summed E-state index contributed by atoms with van der Waals surface area (Å²) in [6.45, 7) is 2.11. The molecule has 0 amide bonds. The van der Waals surface area contributed by atoms with Crippen LogP contribution in [0.3, 0.4) is 0 Å². The molecule has 0 bridgehead atoms. The Balaban J connectivity index is 1.51. The number of nitrogens with two attached hydrogens (primary N) is 1. The van der Waals surface area contributed by atoms with Crippen LogP contribution in [0.1, 0.15) is 4.88 Å². The second-order valence-electron chi connectivity index (χ2n) is 7.41. The predicted octanol–water partition coefficient (Wildman–Crippen LogP) is 5.18. The number of fused-ring (bicyclic) bond motifs is 2. The molecule has 6 heterocycles. The van der Waals surface area contributed by atoms with Gasteiger partial charge in [0.2, 0.25) is 0 Å². The Morgan fingerprint density at radius 2 is 1.84 bits per heavy atom. The Bertz CT molecular complexity index is 1570. The molecule has 0 radical (unpaired) electrons. The summed E-state index contributed by atoms with van der Waals surface area (Å²) in [4.78, 5) is 19.4. The SMILES string of the molecule is Cc1ccc(-c2cncc3[nH]c(-c4n[nH]c5ccc(-c6cncc(N)c6)nc45)cc23)s1. The van der Waals surface area contributed by atoms with Crippen molar-refractivity contribution >= 4 is 39.0 Å². The van der Waals surface area contributed by atoms with Crippen molar-refractivity contribution in [2.24, 2.45) is 0 Å². The highest BCUT2D eigenvalue weighted by Crippen LogP contribution is 2.36. The van der Waals surface area contributed by atoms with E-state index in [4.69, 9.17) is 10.7 Å². The van der Waals surface area contributed by atoms with Gasteiger partial charge < -0.3 is 10.7 Å². The number of hydrogen-bond acceptors (Lipinski definition) is 6. The Morgan fingerprint density at radius 1 is 0.935 bits per heavy atom. The number of thiophene rings is 1. The van der Waals surface area contributed by atoms with Gasteiger partial charge in [-0.1, -0.05) is 0 Å². The molecule has 150 valence electrons. The second kappa shape index (κ2) is 6.75. The topological polar surface area (TPSA) is 109 Å². The molecule has 6 rings (SSSR count). The first-order chi connectivity index (χ1) is 15.2. The van der Waals surface area contributed by atoms with Crippen molar-refractivity contribution in [1.82, 2.24) is 30.1 Å². The summed E-state index contributed by atoms with van der Waals surface area (Å²) in [6.07, 6.45) is 7.14. The maximum Gasteiger partial charge on any atom is 0.135 e. The van der Waals surface area contributed by atoms with Gasteiger partial charge in [0.1, 0.15) is 11.2 Å². The fraction of sp³-hybridized carbons (Fsp3) is 0.0435. The number of nitrogen functional groups attached to an aromatic ring is 1. The van der Waals surface area contributed by atoms with Crippen LogP contribution in [-0.4, -0.2) is 30.1 Å². The van der Waals surface area contributed by atoms with Crippen LogP contribution in [0.2, 0.25) is 0 Å². The van der Waals surface area contributed by atoms with Crippen LogP contribution in [0, 0.1) is 6.92 Å². The number of nitrogens with zero attached hydrogens (tertiary/aromatic N) is 4. The first-order valence-electron chi connectivity index (χ1n) is 9.75. The summed E-state index contributed by atoms with van der Waals surface area (Å²) in [5.41, 5.74) is 13.5. The summed E-state index contributed by atoms with van der Waals surface area (Å²) >= 11 is 1.76. The molecular formula is C23H17N7S. The molecule has 31 heavy (non-hydrogen) atoms. The number of rotatable bonds is 3. The van der Waals surface area contributed by atoms with E-state index < -0.39 is 0 Å². The molecule has 0 atom stereocenters. The first kappa shape index (κ1) is 17.8. The standard InChI is InChI=1S/C23H17N7S/c1-12-2-5-21(31-12)16-10-26-11-20-15(16)7-19(27-20)23-22-18(29-30-23)4-3-17(28-22)13-6-14(24)9-25-8-13/h2-11,27H,24H2,1H3,(H,29,30). The van der Waals surface area contributed by atoms with Crippen LogP contribution in [0.15, 0.2) is 61.2 Å². The normalized spacial score (nSPS) is 11.5. The molecule has 0 unspecified atom stereocenters. The maximum absolute atomic E-state index is 5.90. The smallest absolute Gasteiger partial charge is 0.135 e. The lowest BCUT2D eigenvalue weighted by molar-refractivity contribution is 1.12. The fourth-order valence-electron chi connectivity index (χ4n) is 3.80. The van der Waals surface area contributed by atoms with Crippen molar-refractivity contribution in [2.45, 2.75) is 6.92 Å². The molecule has 0 aromatic carbocycles. The van der Waals surface area contributed by atoms with Gasteiger partial charge in [-0.05, 0) is 43.3 Å². The molecule has 0 saturated carbocycles. The van der Waals surface area contributed by atoms with E-state index >= 15 is 0 Å². The third-order valence-corrected chi connectivity index (χ3v) is 6.30. The highest BCUT2D eigenvalue weighted by Gasteiger charge is 2.16. The summed E-state index contributed by atoms with van der Waals surface area (Å²) in [5.74, 6) is 0. The third kappa shape index (κ3) is 2.96. The van der Waals surface area contributed by atoms with E-state index in [1.54, 1.807) is 23.7 Å². The molecule has 0 spiro atoms. The van der Waals surface area contributed by atoms with Crippen molar-refractivity contribution in [3.63, 3.8) is 0 Å². The van der Waals surface area contributed by atoms with E-state index in [-0.39, 0.29) is 0 Å². The molecule has 8 heteroatoms. The van der Waals surface area contributed by atoms with Crippen LogP contribution in [0.5, 0.6) is 0 Å². The van der Waals surface area contributed by atoms with Gasteiger partial charge in [-0.2, -0.15) is 5.10 Å². The molecule has 6 aromatic heterocycles. The maximum atomic E-state index is 5.90. The van der Waals surface area contributed by atoms with Gasteiger partial charge in [-0.15, -0.1) is 11.3 Å². The lowest BCUT2D eigenvalue weighted by Crippen LogP contribution is -1.90. The molecule has 0 saturated heterocycles. The summed E-state index contributed by atoms with van der Waals surface area (Å²) < 4.78 is 0. The number of nitrogens with one attached hydrogen (secondary N) is 2. The molecule has 6 aromatic rings. The lowest BCUT2D eigenvalue weighted by atomic mass is 10.1. The number of aryl methyl sites for hydroxylation is 1. The van der Waals surface area contributed by atoms with Crippen LogP contribution < -0.4 is 5.73 Å². The zero-order chi connectivity index (χ0) is 20.9. The average Bonchev–Trinajstić information content (AvgIpc) is 3.50.